The molecule has 4 heteroatoms. The molecule has 1 rings (SSSR count). The normalized spacial score (nSPS) is 14.4. The van der Waals surface area contributed by atoms with Gasteiger partial charge in [0, 0.05) is 23.4 Å². The average molecular weight is 283 g/mol. The number of para-hydroxylation sites is 1. The van der Waals surface area contributed by atoms with E-state index in [0.717, 1.165) is 17.9 Å². The summed E-state index contributed by atoms with van der Waals surface area (Å²) in [5.41, 5.74) is 1.15. The predicted octanol–water partition coefficient (Wildman–Crippen LogP) is 2.68. The smallest absolute Gasteiger partial charge is 0.124 e. The fraction of sp³-hybridized carbons (Fsp3) is 0.600. The third-order valence-corrected chi connectivity index (χ3v) is 4.15. The molecule has 0 radical (unpaired) electrons. The molecule has 19 heavy (non-hydrogen) atoms. The summed E-state index contributed by atoms with van der Waals surface area (Å²) in [5, 5.41) is 13.0. The number of aliphatic hydroxyl groups is 1. The van der Waals surface area contributed by atoms with E-state index < -0.39 is 0 Å². The van der Waals surface area contributed by atoms with Gasteiger partial charge in [-0.15, -0.1) is 0 Å². The topological polar surface area (TPSA) is 41.5 Å². The number of thioether (sulfide) groups is 1. The highest BCUT2D eigenvalue weighted by Crippen LogP contribution is 2.20. The van der Waals surface area contributed by atoms with E-state index in [-0.39, 0.29) is 24.0 Å². The van der Waals surface area contributed by atoms with Gasteiger partial charge in [-0.1, -0.05) is 18.2 Å². The first-order valence-electron chi connectivity index (χ1n) is 6.70. The zero-order valence-electron chi connectivity index (χ0n) is 12.2. The van der Waals surface area contributed by atoms with Crippen molar-refractivity contribution in [3.63, 3.8) is 0 Å². The standard InChI is InChI=1S/C15H25NO2S/c1-11(2)18-14-8-6-5-7-13(14)9-16-12(3)15(10-17)19-4/h5-8,11-12,15-17H,9-10H2,1-4H3. The van der Waals surface area contributed by atoms with Crippen LogP contribution in [0.4, 0.5) is 0 Å². The Morgan fingerprint density at radius 2 is 1.95 bits per heavy atom. The van der Waals surface area contributed by atoms with Gasteiger partial charge in [-0.3, -0.25) is 0 Å². The number of aliphatic hydroxyl groups excluding tert-OH is 1. The van der Waals surface area contributed by atoms with E-state index in [4.69, 9.17) is 4.74 Å². The molecule has 1 aromatic carbocycles. The first kappa shape index (κ1) is 16.3. The molecule has 3 nitrogen and oxygen atoms in total. The van der Waals surface area contributed by atoms with Gasteiger partial charge in [0.05, 0.1) is 12.7 Å². The van der Waals surface area contributed by atoms with E-state index in [9.17, 15) is 5.11 Å². The lowest BCUT2D eigenvalue weighted by Gasteiger charge is -2.22. The van der Waals surface area contributed by atoms with Crippen molar-refractivity contribution < 1.29 is 9.84 Å². The predicted molar refractivity (Wildman–Crippen MR) is 82.9 cm³/mol. The van der Waals surface area contributed by atoms with Gasteiger partial charge in [0.2, 0.25) is 0 Å². The Labute approximate surface area is 120 Å². The van der Waals surface area contributed by atoms with Crippen LogP contribution in [-0.4, -0.2) is 35.4 Å². The quantitative estimate of drug-likeness (QED) is 0.769. The van der Waals surface area contributed by atoms with Crippen molar-refractivity contribution in [3.8, 4) is 5.75 Å². The van der Waals surface area contributed by atoms with Gasteiger partial charge in [0.15, 0.2) is 0 Å². The van der Waals surface area contributed by atoms with Crippen LogP contribution < -0.4 is 10.1 Å². The van der Waals surface area contributed by atoms with Gasteiger partial charge in [0.1, 0.15) is 5.75 Å². The lowest BCUT2D eigenvalue weighted by Crippen LogP contribution is -2.37. The maximum atomic E-state index is 9.28. The summed E-state index contributed by atoms with van der Waals surface area (Å²) >= 11 is 1.68. The second kappa shape index (κ2) is 8.46. The lowest BCUT2D eigenvalue weighted by molar-refractivity contribution is 0.238. The molecule has 2 unspecified atom stereocenters. The molecule has 108 valence electrons. The van der Waals surface area contributed by atoms with Crippen LogP contribution in [0.5, 0.6) is 5.75 Å². The van der Waals surface area contributed by atoms with E-state index in [1.807, 2.05) is 38.3 Å². The minimum atomic E-state index is 0.176. The molecule has 1 aromatic rings. The Morgan fingerprint density at radius 3 is 2.53 bits per heavy atom. The molecule has 0 aliphatic heterocycles. The number of benzene rings is 1. The van der Waals surface area contributed by atoms with Crippen LogP contribution in [-0.2, 0) is 6.54 Å². The molecule has 0 saturated heterocycles. The molecule has 0 spiro atoms. The van der Waals surface area contributed by atoms with Crippen LogP contribution in [0.3, 0.4) is 0 Å². The molecule has 0 amide bonds. The molecule has 0 heterocycles. The Bertz CT molecular complexity index is 367. The van der Waals surface area contributed by atoms with Crippen LogP contribution in [0.2, 0.25) is 0 Å². The van der Waals surface area contributed by atoms with Crippen LogP contribution in [0, 0.1) is 0 Å². The molecule has 0 aromatic heterocycles. The second-order valence-corrected chi connectivity index (χ2v) is 5.98. The van der Waals surface area contributed by atoms with Gasteiger partial charge in [0.25, 0.3) is 0 Å². The third kappa shape index (κ3) is 5.43. The highest BCUT2D eigenvalue weighted by Gasteiger charge is 2.15. The van der Waals surface area contributed by atoms with E-state index in [2.05, 4.69) is 18.3 Å². The Hall–Kier alpha value is -0.710. The maximum Gasteiger partial charge on any atom is 0.124 e. The van der Waals surface area contributed by atoms with Crippen LogP contribution in [0.1, 0.15) is 26.3 Å². The molecule has 2 atom stereocenters. The Balaban J connectivity index is 2.62. The SMILES string of the molecule is CSC(CO)C(C)NCc1ccccc1OC(C)C. The van der Waals surface area contributed by atoms with E-state index in [0.29, 0.717) is 0 Å². The third-order valence-electron chi connectivity index (χ3n) is 2.99. The van der Waals surface area contributed by atoms with Crippen LogP contribution in [0.25, 0.3) is 0 Å². The zero-order chi connectivity index (χ0) is 14.3. The van der Waals surface area contributed by atoms with Crippen molar-refractivity contribution >= 4 is 11.8 Å². The molecule has 0 aliphatic rings. The number of ether oxygens (including phenoxy) is 1. The summed E-state index contributed by atoms with van der Waals surface area (Å²) in [4.78, 5) is 0. The molecule has 2 N–H and O–H groups in total. The Morgan fingerprint density at radius 1 is 1.26 bits per heavy atom. The number of hydrogen-bond donors (Lipinski definition) is 2. The van der Waals surface area contributed by atoms with Gasteiger partial charge in [-0.2, -0.15) is 11.8 Å². The van der Waals surface area contributed by atoms with Crippen molar-refractivity contribution in [1.29, 1.82) is 0 Å². The van der Waals surface area contributed by atoms with Crippen molar-refractivity contribution in [1.82, 2.24) is 5.32 Å². The van der Waals surface area contributed by atoms with E-state index in [1.54, 1.807) is 11.8 Å². The van der Waals surface area contributed by atoms with E-state index in [1.165, 1.54) is 0 Å². The van der Waals surface area contributed by atoms with Crippen molar-refractivity contribution in [2.24, 2.45) is 0 Å². The number of rotatable bonds is 8. The summed E-state index contributed by atoms with van der Waals surface area (Å²) in [6, 6.07) is 8.34. The van der Waals surface area contributed by atoms with Crippen LogP contribution >= 0.6 is 11.8 Å². The van der Waals surface area contributed by atoms with Crippen molar-refractivity contribution in [2.45, 2.75) is 44.7 Å². The van der Waals surface area contributed by atoms with Gasteiger partial charge >= 0.3 is 0 Å². The van der Waals surface area contributed by atoms with Gasteiger partial charge < -0.3 is 15.2 Å². The molecule has 0 fully saturated rings. The molecular formula is C15H25NO2S. The van der Waals surface area contributed by atoms with Crippen molar-refractivity contribution in [2.75, 3.05) is 12.9 Å². The highest BCUT2D eigenvalue weighted by molar-refractivity contribution is 7.99. The minimum absolute atomic E-state index is 0.176. The molecular weight excluding hydrogens is 258 g/mol. The van der Waals surface area contributed by atoms with Gasteiger partial charge in [-0.05, 0) is 33.1 Å². The average Bonchev–Trinajstić information content (AvgIpc) is 2.38. The maximum absolute atomic E-state index is 9.28. The fourth-order valence-electron chi connectivity index (χ4n) is 1.86. The van der Waals surface area contributed by atoms with Crippen LogP contribution in [0.15, 0.2) is 24.3 Å². The van der Waals surface area contributed by atoms with E-state index >= 15 is 0 Å². The van der Waals surface area contributed by atoms with Gasteiger partial charge in [-0.25, -0.2) is 0 Å². The summed E-state index contributed by atoms with van der Waals surface area (Å²) in [7, 11) is 0. The monoisotopic (exact) mass is 283 g/mol. The largest absolute Gasteiger partial charge is 0.491 e. The highest BCUT2D eigenvalue weighted by atomic mass is 32.2. The molecule has 0 aliphatic carbocycles. The number of hydrogen-bond acceptors (Lipinski definition) is 4. The first-order valence-corrected chi connectivity index (χ1v) is 7.98. The minimum Gasteiger partial charge on any atom is -0.491 e. The summed E-state index contributed by atoms with van der Waals surface area (Å²) in [6.07, 6.45) is 2.20. The summed E-state index contributed by atoms with van der Waals surface area (Å²) < 4.78 is 5.80. The first-order chi connectivity index (χ1) is 9.08. The lowest BCUT2D eigenvalue weighted by atomic mass is 10.1. The fourth-order valence-corrected chi connectivity index (χ4v) is 2.51. The summed E-state index contributed by atoms with van der Waals surface area (Å²) in [5.74, 6) is 0.932. The zero-order valence-corrected chi connectivity index (χ0v) is 13.0. The summed E-state index contributed by atoms with van der Waals surface area (Å²) in [6.45, 7) is 7.11. The second-order valence-electron chi connectivity index (χ2n) is 4.90. The molecule has 0 bridgehead atoms. The Kier molecular flexibility index (Phi) is 7.28. The van der Waals surface area contributed by atoms with Crippen molar-refractivity contribution in [3.05, 3.63) is 29.8 Å². The number of nitrogens with one attached hydrogen (secondary N) is 1. The molecule has 0 saturated carbocycles.